The zero-order valence-corrected chi connectivity index (χ0v) is 9.71. The van der Waals surface area contributed by atoms with Crippen molar-refractivity contribution in [3.05, 3.63) is 0 Å². The van der Waals surface area contributed by atoms with Crippen LogP contribution in [0.4, 0.5) is 0 Å². The quantitative estimate of drug-likeness (QED) is 0.591. The van der Waals surface area contributed by atoms with Gasteiger partial charge in [-0.15, -0.1) is 0 Å². The Kier molecular flexibility index (Phi) is 7.25. The smallest absolute Gasteiger partial charge is 0.225 e. The molecule has 0 aliphatic heterocycles. The molecule has 0 aromatic heterocycles. The maximum absolute atomic E-state index is 11.1. The van der Waals surface area contributed by atoms with Gasteiger partial charge < -0.3 is 9.47 Å². The third-order valence-electron chi connectivity index (χ3n) is 1.43. The van der Waals surface area contributed by atoms with E-state index in [-0.39, 0.29) is 6.54 Å². The van der Waals surface area contributed by atoms with Gasteiger partial charge in [0.25, 0.3) is 0 Å². The Balaban J connectivity index is 4.04. The Hall–Kier alpha value is -0.680. The van der Waals surface area contributed by atoms with Crippen LogP contribution in [0.5, 0.6) is 0 Å². The van der Waals surface area contributed by atoms with Crippen molar-refractivity contribution in [3.8, 4) is 6.07 Å². The second-order valence-corrected chi connectivity index (χ2v) is 4.41. The fourth-order valence-electron chi connectivity index (χ4n) is 0.869. The molecular weight excluding hydrogens is 220 g/mol. The Labute approximate surface area is 90.2 Å². The molecule has 0 aromatic carbocycles. The molecule has 15 heavy (non-hydrogen) atoms. The van der Waals surface area contributed by atoms with E-state index in [1.807, 2.05) is 0 Å². The van der Waals surface area contributed by atoms with Crippen molar-refractivity contribution >= 4 is 10.0 Å². The van der Waals surface area contributed by atoms with Gasteiger partial charge in [0.15, 0.2) is 12.0 Å². The summed E-state index contributed by atoms with van der Waals surface area (Å²) in [6.07, 6.45) is -0.603. The minimum atomic E-state index is -3.53. The Morgan fingerprint density at radius 3 is 2.27 bits per heavy atom. The summed E-state index contributed by atoms with van der Waals surface area (Å²) >= 11 is 0. The summed E-state index contributed by atoms with van der Waals surface area (Å²) in [6, 6.07) is 1.56. The first-order valence-electron chi connectivity index (χ1n) is 4.63. The molecule has 1 N–H and O–H groups in total. The molecule has 0 heterocycles. The Bertz CT molecular complexity index is 290. The predicted molar refractivity (Wildman–Crippen MR) is 54.4 cm³/mol. The molecule has 0 aromatic rings. The highest BCUT2D eigenvalue weighted by molar-refractivity contribution is 7.89. The normalized spacial score (nSPS) is 11.6. The maximum Gasteiger partial charge on any atom is 0.225 e. The molecule has 0 unspecified atom stereocenters. The van der Waals surface area contributed by atoms with Crippen molar-refractivity contribution in [2.75, 3.05) is 25.5 Å². The highest BCUT2D eigenvalue weighted by Crippen LogP contribution is 1.94. The summed E-state index contributed by atoms with van der Waals surface area (Å²) in [7, 11) is -3.53. The third kappa shape index (κ3) is 7.27. The lowest BCUT2D eigenvalue weighted by atomic mass is 10.6. The molecule has 0 saturated carbocycles. The van der Waals surface area contributed by atoms with Crippen LogP contribution in [0.3, 0.4) is 0 Å². The summed E-state index contributed by atoms with van der Waals surface area (Å²) < 4.78 is 34.7. The summed E-state index contributed by atoms with van der Waals surface area (Å²) in [6.45, 7) is 4.46. The fourth-order valence-corrected chi connectivity index (χ4v) is 1.53. The van der Waals surface area contributed by atoms with Crippen LogP contribution in [0.2, 0.25) is 0 Å². The summed E-state index contributed by atoms with van der Waals surface area (Å²) in [5.41, 5.74) is 0. The van der Waals surface area contributed by atoms with Crippen LogP contribution in [0.1, 0.15) is 13.8 Å². The van der Waals surface area contributed by atoms with E-state index in [1.165, 1.54) is 0 Å². The monoisotopic (exact) mass is 236 g/mol. The summed E-state index contributed by atoms with van der Waals surface area (Å²) in [5.74, 6) is -0.558. The van der Waals surface area contributed by atoms with Crippen LogP contribution in [0, 0.1) is 11.3 Å². The van der Waals surface area contributed by atoms with E-state index < -0.39 is 22.1 Å². The van der Waals surface area contributed by atoms with Crippen LogP contribution in [0.25, 0.3) is 0 Å². The molecule has 0 fully saturated rings. The number of hydrogen-bond acceptors (Lipinski definition) is 5. The molecule has 0 radical (unpaired) electrons. The number of nitrogens with one attached hydrogen (secondary N) is 1. The molecule has 6 nitrogen and oxygen atoms in total. The minimum Gasteiger partial charge on any atom is -0.352 e. The van der Waals surface area contributed by atoms with Gasteiger partial charge in [-0.05, 0) is 13.8 Å². The van der Waals surface area contributed by atoms with Gasteiger partial charge in [0.05, 0.1) is 12.6 Å². The van der Waals surface area contributed by atoms with Gasteiger partial charge >= 0.3 is 0 Å². The van der Waals surface area contributed by atoms with E-state index >= 15 is 0 Å². The van der Waals surface area contributed by atoms with E-state index in [0.717, 1.165) is 0 Å². The van der Waals surface area contributed by atoms with Gasteiger partial charge in [0.1, 0.15) is 0 Å². The molecule has 0 atom stereocenters. The van der Waals surface area contributed by atoms with Gasteiger partial charge in [0, 0.05) is 13.2 Å². The van der Waals surface area contributed by atoms with Gasteiger partial charge in [-0.3, -0.25) is 0 Å². The number of sulfonamides is 1. The van der Waals surface area contributed by atoms with Gasteiger partial charge in [0.2, 0.25) is 10.0 Å². The highest BCUT2D eigenvalue weighted by atomic mass is 32.2. The topological polar surface area (TPSA) is 88.4 Å². The summed E-state index contributed by atoms with van der Waals surface area (Å²) in [5, 5.41) is 8.24. The van der Waals surface area contributed by atoms with Crippen molar-refractivity contribution in [3.63, 3.8) is 0 Å². The maximum atomic E-state index is 11.1. The zero-order chi connectivity index (χ0) is 11.7. The molecule has 0 saturated heterocycles. The lowest BCUT2D eigenvalue weighted by Crippen LogP contribution is -2.36. The SMILES string of the molecule is CCOC(CNS(=O)(=O)CC#N)OCC. The van der Waals surface area contributed by atoms with E-state index in [4.69, 9.17) is 14.7 Å². The Morgan fingerprint density at radius 2 is 1.87 bits per heavy atom. The second kappa shape index (κ2) is 7.59. The van der Waals surface area contributed by atoms with E-state index in [0.29, 0.717) is 13.2 Å². The molecule has 0 aliphatic carbocycles. The summed E-state index contributed by atoms with van der Waals surface area (Å²) in [4.78, 5) is 0. The molecule has 0 spiro atoms. The van der Waals surface area contributed by atoms with Crippen LogP contribution in [0.15, 0.2) is 0 Å². The molecular formula is C8H16N2O4S. The van der Waals surface area contributed by atoms with Gasteiger partial charge in [-0.25, -0.2) is 13.1 Å². The predicted octanol–water partition coefficient (Wildman–Crippen LogP) is -0.172. The van der Waals surface area contributed by atoms with Crippen molar-refractivity contribution in [1.29, 1.82) is 5.26 Å². The van der Waals surface area contributed by atoms with Crippen molar-refractivity contribution < 1.29 is 17.9 Å². The lowest BCUT2D eigenvalue weighted by Gasteiger charge is -2.16. The van der Waals surface area contributed by atoms with Crippen molar-refractivity contribution in [2.45, 2.75) is 20.1 Å². The number of ether oxygens (including phenoxy) is 2. The first-order chi connectivity index (χ1) is 7.05. The number of nitriles is 1. The average molecular weight is 236 g/mol. The lowest BCUT2D eigenvalue weighted by molar-refractivity contribution is -0.130. The van der Waals surface area contributed by atoms with Crippen LogP contribution >= 0.6 is 0 Å². The molecule has 0 aliphatic rings. The van der Waals surface area contributed by atoms with Crippen LogP contribution in [-0.2, 0) is 19.5 Å². The third-order valence-corrected chi connectivity index (χ3v) is 2.55. The number of hydrogen-bond donors (Lipinski definition) is 1. The van der Waals surface area contributed by atoms with E-state index in [9.17, 15) is 8.42 Å². The van der Waals surface area contributed by atoms with Crippen molar-refractivity contribution in [1.82, 2.24) is 4.72 Å². The van der Waals surface area contributed by atoms with E-state index in [2.05, 4.69) is 4.72 Å². The molecule has 7 heteroatoms. The largest absolute Gasteiger partial charge is 0.352 e. The average Bonchev–Trinajstić information content (AvgIpc) is 2.15. The van der Waals surface area contributed by atoms with E-state index in [1.54, 1.807) is 19.9 Å². The first kappa shape index (κ1) is 14.3. The molecule has 88 valence electrons. The van der Waals surface area contributed by atoms with Crippen LogP contribution in [-0.4, -0.2) is 40.2 Å². The minimum absolute atomic E-state index is 0.0195. The highest BCUT2D eigenvalue weighted by Gasteiger charge is 2.14. The van der Waals surface area contributed by atoms with Crippen molar-refractivity contribution in [2.24, 2.45) is 0 Å². The second-order valence-electron chi connectivity index (χ2n) is 2.61. The van der Waals surface area contributed by atoms with Gasteiger partial charge in [-0.2, -0.15) is 5.26 Å². The first-order valence-corrected chi connectivity index (χ1v) is 6.28. The Morgan fingerprint density at radius 1 is 1.33 bits per heavy atom. The van der Waals surface area contributed by atoms with Crippen LogP contribution < -0.4 is 4.72 Å². The molecule has 0 rings (SSSR count). The number of nitrogens with zero attached hydrogens (tertiary/aromatic N) is 1. The zero-order valence-electron chi connectivity index (χ0n) is 8.89. The standard InChI is InChI=1S/C8H16N2O4S/c1-3-13-8(14-4-2)7-10-15(11,12)6-5-9/h8,10H,3-4,6-7H2,1-2H3. The number of rotatable bonds is 8. The fraction of sp³-hybridized carbons (Fsp3) is 0.875. The molecule has 0 bridgehead atoms. The molecule has 0 amide bonds. The van der Waals surface area contributed by atoms with Gasteiger partial charge in [-0.1, -0.05) is 0 Å².